The Morgan fingerprint density at radius 2 is 2.15 bits per heavy atom. The van der Waals surface area contributed by atoms with Gasteiger partial charge in [0.05, 0.1) is 9.40 Å². The van der Waals surface area contributed by atoms with Crippen molar-refractivity contribution in [3.8, 4) is 0 Å². The number of halogens is 2. The highest BCUT2D eigenvalue weighted by molar-refractivity contribution is 9.10. The molecular weight excluding hydrogens is 352 g/mol. The molecule has 20 heavy (non-hydrogen) atoms. The molecule has 0 saturated carbocycles. The lowest BCUT2D eigenvalue weighted by atomic mass is 10.2. The molecule has 0 radical (unpaired) electrons. The quantitative estimate of drug-likeness (QED) is 0.517. The Balaban J connectivity index is 2.26. The van der Waals surface area contributed by atoms with Crippen LogP contribution in [0, 0.1) is 10.1 Å². The van der Waals surface area contributed by atoms with Gasteiger partial charge < -0.3 is 0 Å². The standard InChI is InChI=1S/C11H6BrClN4O3/c12-7-2-1-6(5-8(7)17(19)20)10(18)16-11-14-4-3-9(13)15-11/h1-5H,(H,14,15,16,18). The molecule has 1 N–H and O–H groups in total. The van der Waals surface area contributed by atoms with Crippen molar-refractivity contribution in [2.45, 2.75) is 0 Å². The third-order valence-corrected chi connectivity index (χ3v) is 3.13. The van der Waals surface area contributed by atoms with Crippen LogP contribution in [0.3, 0.4) is 0 Å². The molecule has 0 spiro atoms. The topological polar surface area (TPSA) is 98.0 Å². The maximum absolute atomic E-state index is 11.9. The maximum atomic E-state index is 11.9. The lowest BCUT2D eigenvalue weighted by Gasteiger charge is -2.04. The Morgan fingerprint density at radius 1 is 1.40 bits per heavy atom. The molecule has 1 aromatic carbocycles. The predicted octanol–water partition coefficient (Wildman–Crippen LogP) is 3.05. The summed E-state index contributed by atoms with van der Waals surface area (Å²) in [5.41, 5.74) is -0.0897. The fourth-order valence-corrected chi connectivity index (χ4v) is 1.89. The molecule has 0 aliphatic heterocycles. The Bertz CT molecular complexity index is 695. The molecule has 9 heteroatoms. The van der Waals surface area contributed by atoms with Crippen molar-refractivity contribution in [2.75, 3.05) is 5.32 Å². The summed E-state index contributed by atoms with van der Waals surface area (Å²) in [6.07, 6.45) is 1.38. The van der Waals surface area contributed by atoms with Crippen molar-refractivity contribution in [1.82, 2.24) is 9.97 Å². The maximum Gasteiger partial charge on any atom is 0.284 e. The molecule has 0 bridgehead atoms. The van der Waals surface area contributed by atoms with E-state index < -0.39 is 10.8 Å². The van der Waals surface area contributed by atoms with Gasteiger partial charge in [-0.15, -0.1) is 0 Å². The third-order valence-electron chi connectivity index (χ3n) is 2.25. The summed E-state index contributed by atoms with van der Waals surface area (Å²) in [6.45, 7) is 0. The largest absolute Gasteiger partial charge is 0.290 e. The summed E-state index contributed by atoms with van der Waals surface area (Å²) in [5.74, 6) is -0.545. The zero-order chi connectivity index (χ0) is 14.7. The SMILES string of the molecule is O=C(Nc1nccc(Cl)n1)c1ccc(Br)c([N+](=O)[O-])c1. The van der Waals surface area contributed by atoms with Crippen molar-refractivity contribution in [1.29, 1.82) is 0 Å². The van der Waals surface area contributed by atoms with Crippen molar-refractivity contribution in [3.05, 3.63) is 55.8 Å². The molecule has 2 rings (SSSR count). The minimum absolute atomic E-state index is 0.0214. The normalized spacial score (nSPS) is 10.1. The van der Waals surface area contributed by atoms with Gasteiger partial charge in [0.25, 0.3) is 11.6 Å². The molecule has 1 aromatic heterocycles. The summed E-state index contributed by atoms with van der Waals surface area (Å²) in [6, 6.07) is 5.48. The second kappa shape index (κ2) is 5.93. The fourth-order valence-electron chi connectivity index (χ4n) is 1.36. The summed E-state index contributed by atoms with van der Waals surface area (Å²) in [5, 5.41) is 13.4. The number of benzene rings is 1. The first-order valence-corrected chi connectivity index (χ1v) is 6.38. The number of nitrogens with one attached hydrogen (secondary N) is 1. The monoisotopic (exact) mass is 356 g/mol. The third kappa shape index (κ3) is 3.28. The van der Waals surface area contributed by atoms with Crippen LogP contribution in [0.5, 0.6) is 0 Å². The molecule has 1 amide bonds. The number of rotatable bonds is 3. The van der Waals surface area contributed by atoms with Gasteiger partial charge >= 0.3 is 0 Å². The molecule has 0 unspecified atom stereocenters. The van der Waals surface area contributed by atoms with Crippen LogP contribution in [-0.2, 0) is 0 Å². The van der Waals surface area contributed by atoms with Crippen LogP contribution in [0.15, 0.2) is 34.9 Å². The number of nitro groups is 1. The van der Waals surface area contributed by atoms with Gasteiger partial charge in [-0.25, -0.2) is 9.97 Å². The lowest BCUT2D eigenvalue weighted by Crippen LogP contribution is -2.14. The van der Waals surface area contributed by atoms with E-state index in [0.29, 0.717) is 0 Å². The number of aromatic nitrogens is 2. The molecule has 0 atom stereocenters. The number of anilines is 1. The van der Waals surface area contributed by atoms with Crippen molar-refractivity contribution >= 4 is 45.1 Å². The molecule has 102 valence electrons. The van der Waals surface area contributed by atoms with Gasteiger partial charge in [-0.3, -0.25) is 20.2 Å². The van der Waals surface area contributed by atoms with E-state index in [1.165, 1.54) is 24.4 Å². The van der Waals surface area contributed by atoms with E-state index in [1.807, 2.05) is 0 Å². The number of nitro benzene ring substituents is 1. The molecule has 2 aromatic rings. The molecule has 0 fully saturated rings. The van der Waals surface area contributed by atoms with Gasteiger partial charge in [0.1, 0.15) is 5.15 Å². The highest BCUT2D eigenvalue weighted by Crippen LogP contribution is 2.25. The van der Waals surface area contributed by atoms with E-state index in [2.05, 4.69) is 31.2 Å². The van der Waals surface area contributed by atoms with Gasteiger partial charge in [0.15, 0.2) is 0 Å². The first-order chi connectivity index (χ1) is 9.47. The number of hydrogen-bond acceptors (Lipinski definition) is 5. The number of hydrogen-bond donors (Lipinski definition) is 1. The van der Waals surface area contributed by atoms with E-state index >= 15 is 0 Å². The minimum atomic E-state index is -0.587. The molecule has 0 saturated heterocycles. The number of nitrogens with zero attached hydrogens (tertiary/aromatic N) is 3. The Labute approximate surface area is 126 Å². The molecule has 7 nitrogen and oxygen atoms in total. The zero-order valence-corrected chi connectivity index (χ0v) is 12.1. The minimum Gasteiger partial charge on any atom is -0.290 e. The Hall–Kier alpha value is -2.06. The van der Waals surface area contributed by atoms with Crippen LogP contribution in [0.25, 0.3) is 0 Å². The Morgan fingerprint density at radius 3 is 2.80 bits per heavy atom. The van der Waals surface area contributed by atoms with Gasteiger partial charge in [0, 0.05) is 17.8 Å². The van der Waals surface area contributed by atoms with E-state index in [1.54, 1.807) is 0 Å². The Kier molecular flexibility index (Phi) is 4.26. The van der Waals surface area contributed by atoms with Gasteiger partial charge in [0.2, 0.25) is 5.95 Å². The van der Waals surface area contributed by atoms with Gasteiger partial charge in [-0.2, -0.15) is 0 Å². The first kappa shape index (κ1) is 14.4. The van der Waals surface area contributed by atoms with E-state index in [9.17, 15) is 14.9 Å². The smallest absolute Gasteiger partial charge is 0.284 e. The summed E-state index contributed by atoms with van der Waals surface area (Å²) in [4.78, 5) is 29.8. The fraction of sp³-hybridized carbons (Fsp3) is 0. The molecule has 1 heterocycles. The summed E-state index contributed by atoms with van der Waals surface area (Å²) < 4.78 is 0.290. The lowest BCUT2D eigenvalue weighted by molar-refractivity contribution is -0.385. The van der Waals surface area contributed by atoms with E-state index in [-0.39, 0.29) is 26.8 Å². The zero-order valence-electron chi connectivity index (χ0n) is 9.71. The van der Waals surface area contributed by atoms with Crippen LogP contribution in [-0.4, -0.2) is 20.8 Å². The second-order valence-corrected chi connectivity index (χ2v) is 4.82. The van der Waals surface area contributed by atoms with Crippen LogP contribution in [0.4, 0.5) is 11.6 Å². The molecule has 0 aliphatic carbocycles. The van der Waals surface area contributed by atoms with E-state index in [0.717, 1.165) is 6.07 Å². The molecule has 0 aliphatic rings. The first-order valence-electron chi connectivity index (χ1n) is 5.21. The average Bonchev–Trinajstić information content (AvgIpc) is 2.38. The highest BCUT2D eigenvalue weighted by Gasteiger charge is 2.16. The number of carbonyl (C=O) groups is 1. The van der Waals surface area contributed by atoms with Crippen molar-refractivity contribution < 1.29 is 9.72 Å². The van der Waals surface area contributed by atoms with Crippen molar-refractivity contribution in [2.24, 2.45) is 0 Å². The van der Waals surface area contributed by atoms with Gasteiger partial charge in [-0.1, -0.05) is 11.6 Å². The van der Waals surface area contributed by atoms with Crippen LogP contribution in [0.2, 0.25) is 5.15 Å². The number of amides is 1. The number of carbonyl (C=O) groups excluding carboxylic acids is 1. The molecular formula is C11H6BrClN4O3. The highest BCUT2D eigenvalue weighted by atomic mass is 79.9. The van der Waals surface area contributed by atoms with Crippen LogP contribution < -0.4 is 5.32 Å². The predicted molar refractivity (Wildman–Crippen MR) is 75.8 cm³/mol. The van der Waals surface area contributed by atoms with E-state index in [4.69, 9.17) is 11.6 Å². The van der Waals surface area contributed by atoms with Crippen molar-refractivity contribution in [3.63, 3.8) is 0 Å². The summed E-state index contributed by atoms with van der Waals surface area (Å²) in [7, 11) is 0. The van der Waals surface area contributed by atoms with Gasteiger partial charge in [-0.05, 0) is 34.1 Å². The average molecular weight is 358 g/mol. The van der Waals surface area contributed by atoms with Crippen LogP contribution >= 0.6 is 27.5 Å². The van der Waals surface area contributed by atoms with Crippen LogP contribution in [0.1, 0.15) is 10.4 Å². The second-order valence-electron chi connectivity index (χ2n) is 3.58. The summed E-state index contributed by atoms with van der Waals surface area (Å²) >= 11 is 8.70.